The Balaban J connectivity index is 1.68. The Bertz CT molecular complexity index is 283. The fraction of sp³-hybridized carbons (Fsp3) is 1.00. The van der Waals surface area contributed by atoms with E-state index in [1.165, 1.54) is 25.7 Å². The number of ether oxygens (including phenoxy) is 1. The zero-order chi connectivity index (χ0) is 14.0. The summed E-state index contributed by atoms with van der Waals surface area (Å²) in [5.74, 6) is 0. The van der Waals surface area contributed by atoms with Gasteiger partial charge in [-0.15, -0.1) is 0 Å². The summed E-state index contributed by atoms with van der Waals surface area (Å²) >= 11 is 0. The summed E-state index contributed by atoms with van der Waals surface area (Å²) < 4.78 is 6.17. The summed E-state index contributed by atoms with van der Waals surface area (Å²) in [6.07, 6.45) is 6.05. The Morgan fingerprint density at radius 1 is 1.16 bits per heavy atom. The molecule has 1 aliphatic carbocycles. The largest absolute Gasteiger partial charge is 0.372 e. The molecule has 2 fully saturated rings. The fourth-order valence-corrected chi connectivity index (χ4v) is 2.79. The van der Waals surface area contributed by atoms with Crippen molar-refractivity contribution in [2.75, 3.05) is 20.1 Å². The lowest BCUT2D eigenvalue weighted by Gasteiger charge is -2.36. The highest BCUT2D eigenvalue weighted by atomic mass is 16.5. The van der Waals surface area contributed by atoms with Gasteiger partial charge < -0.3 is 15.0 Å². The lowest BCUT2D eigenvalue weighted by molar-refractivity contribution is 0.0109. The molecule has 0 aromatic heterocycles. The van der Waals surface area contributed by atoms with Crippen LogP contribution in [0.5, 0.6) is 0 Å². The van der Waals surface area contributed by atoms with Gasteiger partial charge in [-0.2, -0.15) is 0 Å². The highest BCUT2D eigenvalue weighted by molar-refractivity contribution is 4.85. The van der Waals surface area contributed by atoms with E-state index >= 15 is 0 Å². The molecule has 0 aromatic carbocycles. The summed E-state index contributed by atoms with van der Waals surface area (Å²) in [6, 6.07) is 1.38. The average Bonchev–Trinajstić information content (AvgIpc) is 3.05. The zero-order valence-electron chi connectivity index (χ0n) is 13.4. The molecule has 2 aliphatic rings. The SMILES string of the molecule is CC(N(C)CC1CCC(CNC2CC2)O1)C(C)(C)C. The van der Waals surface area contributed by atoms with Gasteiger partial charge in [-0.3, -0.25) is 0 Å². The molecule has 0 radical (unpaired) electrons. The number of hydrogen-bond acceptors (Lipinski definition) is 3. The van der Waals surface area contributed by atoms with Crippen LogP contribution in [-0.2, 0) is 4.74 Å². The molecule has 19 heavy (non-hydrogen) atoms. The molecule has 1 N–H and O–H groups in total. The monoisotopic (exact) mass is 268 g/mol. The summed E-state index contributed by atoms with van der Waals surface area (Å²) in [5, 5.41) is 3.58. The van der Waals surface area contributed by atoms with Gasteiger partial charge in [0.25, 0.3) is 0 Å². The molecule has 0 amide bonds. The maximum absolute atomic E-state index is 6.17. The van der Waals surface area contributed by atoms with Crippen LogP contribution in [0.15, 0.2) is 0 Å². The lowest BCUT2D eigenvalue weighted by Crippen LogP contribution is -2.43. The van der Waals surface area contributed by atoms with Gasteiger partial charge in [0.05, 0.1) is 12.2 Å². The van der Waals surface area contributed by atoms with Gasteiger partial charge in [-0.1, -0.05) is 20.8 Å². The van der Waals surface area contributed by atoms with Gasteiger partial charge in [0.15, 0.2) is 0 Å². The molecule has 1 saturated carbocycles. The van der Waals surface area contributed by atoms with E-state index in [1.54, 1.807) is 0 Å². The average molecular weight is 268 g/mol. The minimum absolute atomic E-state index is 0.334. The summed E-state index contributed by atoms with van der Waals surface area (Å²) in [5.41, 5.74) is 0.334. The highest BCUT2D eigenvalue weighted by Crippen LogP contribution is 2.26. The molecular formula is C16H32N2O. The van der Waals surface area contributed by atoms with Crippen LogP contribution in [0, 0.1) is 5.41 Å². The van der Waals surface area contributed by atoms with Crippen LogP contribution in [0.25, 0.3) is 0 Å². The molecule has 112 valence electrons. The molecular weight excluding hydrogens is 236 g/mol. The first-order valence-electron chi connectivity index (χ1n) is 7.95. The van der Waals surface area contributed by atoms with Gasteiger partial charge in [0, 0.05) is 25.2 Å². The molecule has 3 unspecified atom stereocenters. The molecule has 1 heterocycles. The predicted molar refractivity (Wildman–Crippen MR) is 80.5 cm³/mol. The molecule has 3 nitrogen and oxygen atoms in total. The van der Waals surface area contributed by atoms with E-state index in [4.69, 9.17) is 4.74 Å². The second kappa shape index (κ2) is 6.11. The molecule has 1 saturated heterocycles. The van der Waals surface area contributed by atoms with Crippen LogP contribution in [-0.4, -0.2) is 49.3 Å². The van der Waals surface area contributed by atoms with Crippen LogP contribution < -0.4 is 5.32 Å². The first kappa shape index (κ1) is 15.3. The minimum Gasteiger partial charge on any atom is -0.372 e. The van der Waals surface area contributed by atoms with Crippen molar-refractivity contribution in [1.29, 1.82) is 0 Å². The molecule has 3 atom stereocenters. The van der Waals surface area contributed by atoms with Gasteiger partial charge in [-0.05, 0) is 45.1 Å². The Labute approximate surface area is 119 Å². The van der Waals surface area contributed by atoms with Crippen molar-refractivity contribution >= 4 is 0 Å². The Hall–Kier alpha value is -0.120. The number of hydrogen-bond donors (Lipinski definition) is 1. The minimum atomic E-state index is 0.334. The number of rotatable bonds is 6. The van der Waals surface area contributed by atoms with Gasteiger partial charge >= 0.3 is 0 Å². The topological polar surface area (TPSA) is 24.5 Å². The normalized spacial score (nSPS) is 30.0. The number of nitrogens with one attached hydrogen (secondary N) is 1. The van der Waals surface area contributed by atoms with Crippen molar-refractivity contribution in [1.82, 2.24) is 10.2 Å². The summed E-state index contributed by atoms with van der Waals surface area (Å²) in [4.78, 5) is 2.46. The molecule has 0 aromatic rings. The second-order valence-corrected chi connectivity index (χ2v) is 7.62. The predicted octanol–water partition coefficient (Wildman–Crippen LogP) is 2.65. The van der Waals surface area contributed by atoms with E-state index in [2.05, 4.69) is 45.0 Å². The van der Waals surface area contributed by atoms with Crippen molar-refractivity contribution < 1.29 is 4.74 Å². The third-order valence-electron chi connectivity index (χ3n) is 4.81. The third kappa shape index (κ3) is 4.73. The van der Waals surface area contributed by atoms with E-state index in [1.807, 2.05) is 0 Å². The smallest absolute Gasteiger partial charge is 0.0707 e. The van der Waals surface area contributed by atoms with Gasteiger partial charge in [0.2, 0.25) is 0 Å². The first-order valence-corrected chi connectivity index (χ1v) is 7.95. The third-order valence-corrected chi connectivity index (χ3v) is 4.81. The highest BCUT2D eigenvalue weighted by Gasteiger charge is 2.31. The standard InChI is InChI=1S/C16H32N2O/c1-12(16(2,3)4)18(5)11-15-9-8-14(19-15)10-17-13-6-7-13/h12-15,17H,6-11H2,1-5H3. The van der Waals surface area contributed by atoms with Crippen LogP contribution in [0.2, 0.25) is 0 Å². The fourth-order valence-electron chi connectivity index (χ4n) is 2.79. The Morgan fingerprint density at radius 2 is 1.79 bits per heavy atom. The first-order chi connectivity index (χ1) is 8.86. The van der Waals surface area contributed by atoms with E-state index in [-0.39, 0.29) is 0 Å². The maximum atomic E-state index is 6.17. The van der Waals surface area contributed by atoms with Crippen molar-refractivity contribution in [3.05, 3.63) is 0 Å². The zero-order valence-corrected chi connectivity index (χ0v) is 13.4. The van der Waals surface area contributed by atoms with E-state index in [9.17, 15) is 0 Å². The van der Waals surface area contributed by atoms with Gasteiger partial charge in [-0.25, -0.2) is 0 Å². The van der Waals surface area contributed by atoms with Gasteiger partial charge in [0.1, 0.15) is 0 Å². The summed E-state index contributed by atoms with van der Waals surface area (Å²) in [6.45, 7) is 11.4. The van der Waals surface area contributed by atoms with Crippen molar-refractivity contribution in [3.8, 4) is 0 Å². The van der Waals surface area contributed by atoms with Crippen molar-refractivity contribution in [2.24, 2.45) is 5.41 Å². The molecule has 0 spiro atoms. The number of nitrogens with zero attached hydrogens (tertiary/aromatic N) is 1. The van der Waals surface area contributed by atoms with Crippen LogP contribution in [0.3, 0.4) is 0 Å². The second-order valence-electron chi connectivity index (χ2n) is 7.62. The van der Waals surface area contributed by atoms with Crippen LogP contribution >= 0.6 is 0 Å². The molecule has 3 heteroatoms. The van der Waals surface area contributed by atoms with Crippen molar-refractivity contribution in [2.45, 2.75) is 77.7 Å². The molecule has 2 rings (SSSR count). The summed E-state index contributed by atoms with van der Waals surface area (Å²) in [7, 11) is 2.23. The number of likely N-dealkylation sites (N-methyl/N-ethyl adjacent to an activating group) is 1. The van der Waals surface area contributed by atoms with Crippen LogP contribution in [0.4, 0.5) is 0 Å². The maximum Gasteiger partial charge on any atom is 0.0707 e. The lowest BCUT2D eigenvalue weighted by atomic mass is 9.87. The Kier molecular flexibility index (Phi) is 4.91. The van der Waals surface area contributed by atoms with E-state index < -0.39 is 0 Å². The van der Waals surface area contributed by atoms with Crippen LogP contribution in [0.1, 0.15) is 53.4 Å². The van der Waals surface area contributed by atoms with Crippen molar-refractivity contribution in [3.63, 3.8) is 0 Å². The Morgan fingerprint density at radius 3 is 2.37 bits per heavy atom. The molecule has 0 bridgehead atoms. The van der Waals surface area contributed by atoms with E-state index in [0.717, 1.165) is 19.1 Å². The quantitative estimate of drug-likeness (QED) is 0.801. The molecule has 1 aliphatic heterocycles. The van der Waals surface area contributed by atoms with E-state index in [0.29, 0.717) is 23.7 Å².